The number of nitrogens with zero attached hydrogens (tertiary/aromatic N) is 3. The molecule has 0 aliphatic carbocycles. The molecule has 2 aromatic carbocycles. The van der Waals surface area contributed by atoms with E-state index in [1.165, 1.54) is 11.9 Å². The zero-order valence-corrected chi connectivity index (χ0v) is 17.3. The van der Waals surface area contributed by atoms with Crippen LogP contribution in [0.3, 0.4) is 0 Å². The lowest BCUT2D eigenvalue weighted by molar-refractivity contribution is -0.0295. The van der Waals surface area contributed by atoms with E-state index in [2.05, 4.69) is 15.3 Å². The summed E-state index contributed by atoms with van der Waals surface area (Å²) >= 11 is 0. The second-order valence-electron chi connectivity index (χ2n) is 7.94. The van der Waals surface area contributed by atoms with Crippen molar-refractivity contribution in [3.05, 3.63) is 72.7 Å². The smallest absolute Gasteiger partial charge is 0.164 e. The van der Waals surface area contributed by atoms with Crippen LogP contribution in [-0.4, -0.2) is 43.1 Å². The molecular formula is C24H24N4O3. The second-order valence-corrected chi connectivity index (χ2v) is 7.94. The summed E-state index contributed by atoms with van der Waals surface area (Å²) < 4.78 is 7.67. The van der Waals surface area contributed by atoms with Crippen LogP contribution in [0.4, 0.5) is 11.5 Å². The van der Waals surface area contributed by atoms with Crippen LogP contribution in [0.15, 0.2) is 67.1 Å². The van der Waals surface area contributed by atoms with Gasteiger partial charge in [-0.3, -0.25) is 0 Å². The van der Waals surface area contributed by atoms with Gasteiger partial charge in [-0.25, -0.2) is 9.97 Å². The fourth-order valence-electron chi connectivity index (χ4n) is 4.04. The van der Waals surface area contributed by atoms with Gasteiger partial charge in [-0.2, -0.15) is 0 Å². The van der Waals surface area contributed by atoms with E-state index in [-0.39, 0.29) is 0 Å². The van der Waals surface area contributed by atoms with Crippen LogP contribution >= 0.6 is 0 Å². The number of aryl methyl sites for hydroxylation is 1. The van der Waals surface area contributed by atoms with Crippen LogP contribution < -0.4 is 5.32 Å². The first-order chi connectivity index (χ1) is 15.0. The normalized spacial score (nSPS) is 23.4. The number of ether oxygens (including phenoxy) is 1. The molecule has 1 aliphatic heterocycles. The zero-order valence-electron chi connectivity index (χ0n) is 17.3. The van der Waals surface area contributed by atoms with Crippen LogP contribution in [0, 0.1) is 6.92 Å². The fourth-order valence-corrected chi connectivity index (χ4v) is 4.04. The molecule has 1 fully saturated rings. The lowest BCUT2D eigenvalue weighted by Gasteiger charge is -2.17. The van der Waals surface area contributed by atoms with Gasteiger partial charge in [0.25, 0.3) is 0 Å². The maximum Gasteiger partial charge on any atom is 0.164 e. The van der Waals surface area contributed by atoms with Crippen molar-refractivity contribution in [2.75, 3.05) is 5.32 Å². The van der Waals surface area contributed by atoms with E-state index in [9.17, 15) is 10.2 Å². The van der Waals surface area contributed by atoms with E-state index < -0.39 is 24.5 Å². The highest BCUT2D eigenvalue weighted by molar-refractivity contribution is 6.02. The summed E-state index contributed by atoms with van der Waals surface area (Å²) in [6, 6.07) is 18.0. The van der Waals surface area contributed by atoms with Crippen LogP contribution in [0.5, 0.6) is 0 Å². The van der Waals surface area contributed by atoms with Gasteiger partial charge in [-0.05, 0) is 31.5 Å². The van der Waals surface area contributed by atoms with Gasteiger partial charge in [0.15, 0.2) is 6.23 Å². The van der Waals surface area contributed by atoms with Crippen molar-refractivity contribution in [3.8, 4) is 11.1 Å². The molecule has 0 bridgehead atoms. The van der Waals surface area contributed by atoms with Crippen molar-refractivity contribution in [2.45, 2.75) is 38.4 Å². The number of hydrogen-bond donors (Lipinski definition) is 3. The predicted octanol–water partition coefficient (Wildman–Crippen LogP) is 3.79. The summed E-state index contributed by atoms with van der Waals surface area (Å²) in [7, 11) is 0. The first-order valence-electron chi connectivity index (χ1n) is 10.3. The maximum absolute atomic E-state index is 10.6. The molecule has 0 unspecified atom stereocenters. The molecular weight excluding hydrogens is 392 g/mol. The number of anilines is 2. The number of fused-ring (bicyclic) bond motifs is 1. The Labute approximate surface area is 180 Å². The Morgan fingerprint density at radius 3 is 2.39 bits per heavy atom. The summed E-state index contributed by atoms with van der Waals surface area (Å²) in [4.78, 5) is 9.02. The van der Waals surface area contributed by atoms with Gasteiger partial charge in [0, 0.05) is 17.4 Å². The van der Waals surface area contributed by atoms with Gasteiger partial charge >= 0.3 is 0 Å². The lowest BCUT2D eigenvalue weighted by atomic mass is 10.1. The summed E-state index contributed by atoms with van der Waals surface area (Å²) in [6.07, 6.45) is 0.155. The van der Waals surface area contributed by atoms with Gasteiger partial charge in [0.2, 0.25) is 0 Å². The molecule has 0 amide bonds. The van der Waals surface area contributed by atoms with Crippen molar-refractivity contribution >= 4 is 22.5 Å². The minimum atomic E-state index is -1.06. The highest BCUT2D eigenvalue weighted by Crippen LogP contribution is 2.39. The summed E-state index contributed by atoms with van der Waals surface area (Å²) in [5, 5.41) is 25.0. The molecule has 0 spiro atoms. The summed E-state index contributed by atoms with van der Waals surface area (Å²) in [6.45, 7) is 3.79. The van der Waals surface area contributed by atoms with E-state index >= 15 is 0 Å². The van der Waals surface area contributed by atoms with Crippen LogP contribution in [0.2, 0.25) is 0 Å². The molecule has 7 nitrogen and oxygen atoms in total. The average molecular weight is 416 g/mol. The Morgan fingerprint density at radius 1 is 0.968 bits per heavy atom. The van der Waals surface area contributed by atoms with Gasteiger partial charge in [-0.1, -0.05) is 48.0 Å². The first kappa shape index (κ1) is 19.7. The van der Waals surface area contributed by atoms with Gasteiger partial charge < -0.3 is 24.8 Å². The highest BCUT2D eigenvalue weighted by atomic mass is 16.6. The Balaban J connectivity index is 1.69. The van der Waals surface area contributed by atoms with Crippen molar-refractivity contribution in [1.29, 1.82) is 0 Å². The standard InChI is InChI=1S/C24H24N4O3/c1-14-8-10-17(11-9-14)27-22-19-18(16-6-4-3-5-7-16)12-28(23(19)26-13-25-22)24-21(30)20(29)15(2)31-24/h3-13,15,20-21,24,29-30H,1-2H3,(H,25,26,27)/t15-,20-,21-,24-/m1/s1. The quantitative estimate of drug-likeness (QED) is 0.469. The van der Waals surface area contributed by atoms with Crippen LogP contribution in [-0.2, 0) is 4.74 Å². The Morgan fingerprint density at radius 2 is 1.71 bits per heavy atom. The third-order valence-corrected chi connectivity index (χ3v) is 5.76. The summed E-state index contributed by atoms with van der Waals surface area (Å²) in [5.74, 6) is 0.660. The average Bonchev–Trinajstić information content (AvgIpc) is 3.30. The SMILES string of the molecule is Cc1ccc(Nc2ncnc3c2c(-c2ccccc2)cn3[C@@H]2O[C@H](C)[C@@H](O)[C@H]2O)cc1. The number of nitrogens with one attached hydrogen (secondary N) is 1. The van der Waals surface area contributed by atoms with Crippen molar-refractivity contribution in [1.82, 2.24) is 14.5 Å². The number of hydrogen-bond acceptors (Lipinski definition) is 6. The molecule has 4 aromatic rings. The largest absolute Gasteiger partial charge is 0.388 e. The molecule has 4 atom stereocenters. The molecule has 31 heavy (non-hydrogen) atoms. The maximum atomic E-state index is 10.6. The molecule has 7 heteroatoms. The molecule has 158 valence electrons. The Kier molecular flexibility index (Phi) is 4.94. The topological polar surface area (TPSA) is 92.4 Å². The number of aliphatic hydroxyl groups excluding tert-OH is 2. The lowest BCUT2D eigenvalue weighted by Crippen LogP contribution is -2.30. The van der Waals surface area contributed by atoms with Gasteiger partial charge in [-0.15, -0.1) is 0 Å². The molecule has 3 heterocycles. The number of benzene rings is 2. The van der Waals surface area contributed by atoms with E-state index in [1.54, 1.807) is 11.5 Å². The van der Waals surface area contributed by atoms with E-state index in [0.29, 0.717) is 11.5 Å². The summed E-state index contributed by atoms with van der Waals surface area (Å²) in [5.41, 5.74) is 4.62. The highest BCUT2D eigenvalue weighted by Gasteiger charge is 2.42. The third kappa shape index (κ3) is 3.46. The fraction of sp³-hybridized carbons (Fsp3) is 0.250. The zero-order chi connectivity index (χ0) is 21.5. The predicted molar refractivity (Wildman–Crippen MR) is 119 cm³/mol. The monoisotopic (exact) mass is 416 g/mol. The van der Waals surface area contributed by atoms with E-state index in [0.717, 1.165) is 22.2 Å². The van der Waals surface area contributed by atoms with Crippen molar-refractivity contribution < 1.29 is 14.9 Å². The molecule has 1 saturated heterocycles. The third-order valence-electron chi connectivity index (χ3n) is 5.76. The minimum absolute atomic E-state index is 0.482. The first-order valence-corrected chi connectivity index (χ1v) is 10.3. The van der Waals surface area contributed by atoms with Crippen LogP contribution in [0.1, 0.15) is 18.7 Å². The molecule has 0 radical (unpaired) electrons. The number of aliphatic hydroxyl groups is 2. The molecule has 1 aliphatic rings. The Bertz CT molecular complexity index is 1210. The molecule has 2 aromatic heterocycles. The Hall–Kier alpha value is -3.26. The van der Waals surface area contributed by atoms with Gasteiger partial charge in [0.05, 0.1) is 11.5 Å². The van der Waals surface area contributed by atoms with E-state index in [4.69, 9.17) is 4.74 Å². The number of aromatic nitrogens is 3. The second kappa shape index (κ2) is 7.77. The van der Waals surface area contributed by atoms with Crippen molar-refractivity contribution in [3.63, 3.8) is 0 Å². The van der Waals surface area contributed by atoms with Gasteiger partial charge in [0.1, 0.15) is 30.0 Å². The molecule has 0 saturated carbocycles. The van der Waals surface area contributed by atoms with Crippen molar-refractivity contribution in [2.24, 2.45) is 0 Å². The number of rotatable bonds is 4. The molecule has 3 N–H and O–H groups in total. The minimum Gasteiger partial charge on any atom is -0.388 e. The van der Waals surface area contributed by atoms with Crippen LogP contribution in [0.25, 0.3) is 22.2 Å². The molecule has 5 rings (SSSR count). The van der Waals surface area contributed by atoms with E-state index in [1.807, 2.05) is 67.7 Å².